The minimum atomic E-state index is -2.91. The molecule has 0 aliphatic heterocycles. The van der Waals surface area contributed by atoms with E-state index in [1.807, 2.05) is 0 Å². The average molecular weight is 370 g/mol. The number of ether oxygens (including phenoxy) is 2. The maximum absolute atomic E-state index is 13.6. The maximum atomic E-state index is 13.6. The Kier molecular flexibility index (Phi) is 6.84. The summed E-state index contributed by atoms with van der Waals surface area (Å²) < 4.78 is 71.7. The maximum Gasteiger partial charge on any atom is 0.387 e. The smallest absolute Gasteiger partial charge is 0.387 e. The Morgan fingerprint density at radius 1 is 0.923 bits per heavy atom. The first kappa shape index (κ1) is 19.6. The Labute approximate surface area is 147 Å². The molecule has 0 unspecified atom stereocenters. The highest BCUT2D eigenvalue weighted by Gasteiger charge is 2.08. The fourth-order valence-corrected chi connectivity index (χ4v) is 2.05. The zero-order valence-corrected chi connectivity index (χ0v) is 13.7. The fourth-order valence-electron chi connectivity index (χ4n) is 2.05. The van der Waals surface area contributed by atoms with Crippen LogP contribution in [-0.2, 0) is 0 Å². The molecule has 7 heteroatoms. The van der Waals surface area contributed by atoms with Crippen LogP contribution < -0.4 is 9.47 Å². The summed E-state index contributed by atoms with van der Waals surface area (Å²) in [5.41, 5.74) is 1.46. The number of hydrogen-bond acceptors (Lipinski definition) is 2. The molecule has 0 aliphatic rings. The van der Waals surface area contributed by atoms with E-state index < -0.39 is 25.3 Å². The molecule has 0 bridgehead atoms. The van der Waals surface area contributed by atoms with Gasteiger partial charge in [0.15, 0.2) is 11.6 Å². The highest BCUT2D eigenvalue weighted by Crippen LogP contribution is 2.22. The Balaban J connectivity index is 2.13. The zero-order valence-electron chi connectivity index (χ0n) is 13.7. The summed E-state index contributed by atoms with van der Waals surface area (Å²) in [6.07, 6.45) is -3.02. The molecule has 2 aromatic rings. The molecule has 138 valence electrons. The van der Waals surface area contributed by atoms with E-state index in [0.29, 0.717) is 16.7 Å². The van der Waals surface area contributed by atoms with Crippen LogP contribution in [0.3, 0.4) is 0 Å². The quantitative estimate of drug-likeness (QED) is 0.516. The first-order chi connectivity index (χ1) is 12.3. The average Bonchev–Trinajstić information content (AvgIpc) is 2.57. The molecule has 0 aliphatic carbocycles. The Bertz CT molecular complexity index is 809. The Morgan fingerprint density at radius 2 is 1.58 bits per heavy atom. The third kappa shape index (κ3) is 5.96. The zero-order chi connectivity index (χ0) is 19.1. The largest absolute Gasteiger partial charge is 0.490 e. The SMILES string of the molecule is Cc1cc(C#Cc2ccc(F)c(OCCC(F)F)c2)ccc1OC(F)F. The highest BCUT2D eigenvalue weighted by atomic mass is 19.3. The molecule has 0 spiro atoms. The lowest BCUT2D eigenvalue weighted by Gasteiger charge is -2.07. The molecule has 0 atom stereocenters. The van der Waals surface area contributed by atoms with Crippen LogP contribution in [0.15, 0.2) is 36.4 Å². The number of alkyl halides is 4. The van der Waals surface area contributed by atoms with Gasteiger partial charge in [0.25, 0.3) is 0 Å². The van der Waals surface area contributed by atoms with Crippen LogP contribution in [0.2, 0.25) is 0 Å². The van der Waals surface area contributed by atoms with E-state index in [4.69, 9.17) is 4.74 Å². The second-order valence-corrected chi connectivity index (χ2v) is 5.28. The number of aryl methyl sites for hydroxylation is 1. The standard InChI is InChI=1S/C19H15F5O2/c1-12-10-13(5-7-16(12)26-19(23)24)2-3-14-4-6-15(20)17(11-14)25-9-8-18(21)22/h4-7,10-11,18-19H,8-9H2,1H3. The van der Waals surface area contributed by atoms with E-state index in [2.05, 4.69) is 16.6 Å². The molecule has 0 aromatic heterocycles. The third-order valence-corrected chi connectivity index (χ3v) is 3.27. The van der Waals surface area contributed by atoms with E-state index >= 15 is 0 Å². The van der Waals surface area contributed by atoms with E-state index in [1.165, 1.54) is 24.3 Å². The van der Waals surface area contributed by atoms with E-state index in [0.717, 1.165) is 6.07 Å². The lowest BCUT2D eigenvalue weighted by Crippen LogP contribution is -2.04. The molecule has 2 rings (SSSR count). The molecule has 0 fully saturated rings. The van der Waals surface area contributed by atoms with Crippen molar-refractivity contribution in [2.24, 2.45) is 0 Å². The third-order valence-electron chi connectivity index (χ3n) is 3.27. The van der Waals surface area contributed by atoms with Gasteiger partial charge in [0.2, 0.25) is 6.43 Å². The topological polar surface area (TPSA) is 18.5 Å². The van der Waals surface area contributed by atoms with E-state index in [-0.39, 0.29) is 18.1 Å². The molecule has 2 aromatic carbocycles. The lowest BCUT2D eigenvalue weighted by atomic mass is 10.1. The normalized spacial score (nSPS) is 10.6. The highest BCUT2D eigenvalue weighted by molar-refractivity contribution is 5.48. The summed E-state index contributed by atoms with van der Waals surface area (Å²) in [5.74, 6) is 4.82. The predicted molar refractivity (Wildman–Crippen MR) is 86.3 cm³/mol. The molecule has 26 heavy (non-hydrogen) atoms. The number of halogens is 5. The molecule has 0 saturated carbocycles. The minimum Gasteiger partial charge on any atom is -0.490 e. The van der Waals surface area contributed by atoms with Gasteiger partial charge < -0.3 is 9.47 Å². The van der Waals surface area contributed by atoms with Gasteiger partial charge in [-0.25, -0.2) is 13.2 Å². The van der Waals surface area contributed by atoms with E-state index in [9.17, 15) is 22.0 Å². The van der Waals surface area contributed by atoms with Crippen molar-refractivity contribution < 1.29 is 31.4 Å². The molecule has 0 radical (unpaired) electrons. The molecular weight excluding hydrogens is 355 g/mol. The van der Waals surface area contributed by atoms with Crippen molar-refractivity contribution in [2.45, 2.75) is 26.4 Å². The summed E-state index contributed by atoms with van der Waals surface area (Å²) >= 11 is 0. The summed E-state index contributed by atoms with van der Waals surface area (Å²) in [5, 5.41) is 0. The van der Waals surface area contributed by atoms with Gasteiger partial charge in [0.05, 0.1) is 6.61 Å². The van der Waals surface area contributed by atoms with Crippen LogP contribution >= 0.6 is 0 Å². The van der Waals surface area contributed by atoms with Gasteiger partial charge in [-0.05, 0) is 48.9 Å². The van der Waals surface area contributed by atoms with Crippen LogP contribution in [0.5, 0.6) is 11.5 Å². The van der Waals surface area contributed by atoms with Crippen molar-refractivity contribution in [1.29, 1.82) is 0 Å². The van der Waals surface area contributed by atoms with Crippen LogP contribution in [0.1, 0.15) is 23.1 Å². The Morgan fingerprint density at radius 3 is 2.19 bits per heavy atom. The van der Waals surface area contributed by atoms with Crippen LogP contribution in [0, 0.1) is 24.6 Å². The summed E-state index contributed by atoms with van der Waals surface area (Å²) in [4.78, 5) is 0. The summed E-state index contributed by atoms with van der Waals surface area (Å²) in [7, 11) is 0. The van der Waals surface area contributed by atoms with E-state index in [1.54, 1.807) is 13.0 Å². The van der Waals surface area contributed by atoms with Gasteiger partial charge in [0.1, 0.15) is 5.75 Å². The minimum absolute atomic E-state index is 0.0575. The monoisotopic (exact) mass is 370 g/mol. The van der Waals surface area contributed by atoms with Crippen molar-refractivity contribution in [3.05, 3.63) is 58.9 Å². The molecule has 2 nitrogen and oxygen atoms in total. The fraction of sp³-hybridized carbons (Fsp3) is 0.263. The molecule has 0 N–H and O–H groups in total. The van der Waals surface area contributed by atoms with Gasteiger partial charge >= 0.3 is 6.61 Å². The predicted octanol–water partition coefficient (Wildman–Crippen LogP) is 5.17. The van der Waals surface area contributed by atoms with Crippen LogP contribution in [0.25, 0.3) is 0 Å². The number of hydrogen-bond donors (Lipinski definition) is 0. The van der Waals surface area contributed by atoms with Crippen molar-refractivity contribution in [3.8, 4) is 23.3 Å². The lowest BCUT2D eigenvalue weighted by molar-refractivity contribution is -0.0502. The second kappa shape index (κ2) is 9.09. The van der Waals surface area contributed by atoms with Crippen molar-refractivity contribution >= 4 is 0 Å². The second-order valence-electron chi connectivity index (χ2n) is 5.28. The molecule has 0 heterocycles. The first-order valence-electron chi connectivity index (χ1n) is 7.63. The van der Waals surface area contributed by atoms with Gasteiger partial charge in [-0.15, -0.1) is 0 Å². The first-order valence-corrected chi connectivity index (χ1v) is 7.63. The summed E-state index contributed by atoms with van der Waals surface area (Å²) in [6, 6.07) is 8.34. The molecule has 0 amide bonds. The van der Waals surface area contributed by atoms with Gasteiger partial charge in [-0.2, -0.15) is 8.78 Å². The van der Waals surface area contributed by atoms with Crippen LogP contribution in [0.4, 0.5) is 22.0 Å². The molecule has 0 saturated heterocycles. The molecular formula is C19H15F5O2. The van der Waals surface area contributed by atoms with Crippen molar-refractivity contribution in [1.82, 2.24) is 0 Å². The van der Waals surface area contributed by atoms with Crippen LogP contribution in [-0.4, -0.2) is 19.6 Å². The van der Waals surface area contributed by atoms with Gasteiger partial charge in [0, 0.05) is 17.5 Å². The van der Waals surface area contributed by atoms with Gasteiger partial charge in [-0.1, -0.05) is 11.8 Å². The Hall–Kier alpha value is -2.75. The number of rotatable bonds is 6. The van der Waals surface area contributed by atoms with Gasteiger partial charge in [-0.3, -0.25) is 0 Å². The van der Waals surface area contributed by atoms with Crippen molar-refractivity contribution in [3.63, 3.8) is 0 Å². The number of benzene rings is 2. The summed E-state index contributed by atoms with van der Waals surface area (Å²) in [6.45, 7) is -1.61. The van der Waals surface area contributed by atoms with Crippen molar-refractivity contribution in [2.75, 3.05) is 6.61 Å².